The number of aromatic nitrogens is 3. The van der Waals surface area contributed by atoms with E-state index in [0.717, 1.165) is 46.4 Å². The predicted octanol–water partition coefficient (Wildman–Crippen LogP) is 5.13. The second kappa shape index (κ2) is 7.72. The van der Waals surface area contributed by atoms with Crippen molar-refractivity contribution in [3.63, 3.8) is 0 Å². The maximum atomic E-state index is 13.1. The highest BCUT2D eigenvalue weighted by molar-refractivity contribution is 6.05. The Morgan fingerprint density at radius 1 is 0.871 bits per heavy atom. The van der Waals surface area contributed by atoms with Crippen LogP contribution in [0.4, 0.5) is 11.6 Å². The van der Waals surface area contributed by atoms with Gasteiger partial charge in [-0.05, 0) is 62.4 Å². The molecule has 31 heavy (non-hydrogen) atoms. The van der Waals surface area contributed by atoms with Crippen molar-refractivity contribution < 1.29 is 4.79 Å². The molecule has 1 N–H and O–H groups in total. The Bertz CT molecular complexity index is 1400. The molecule has 1 amide bonds. The minimum Gasteiger partial charge on any atom is -0.372 e. The van der Waals surface area contributed by atoms with E-state index in [1.165, 1.54) is 0 Å². The number of nitrogens with zero attached hydrogens (tertiary/aromatic N) is 4. The van der Waals surface area contributed by atoms with Crippen molar-refractivity contribution in [2.24, 2.45) is 0 Å². The van der Waals surface area contributed by atoms with E-state index in [9.17, 15) is 4.79 Å². The smallest absolute Gasteiger partial charge is 0.257 e. The van der Waals surface area contributed by atoms with Gasteiger partial charge in [-0.3, -0.25) is 14.5 Å². The number of nitrogens with one attached hydrogen (secondary N) is 1. The zero-order valence-corrected chi connectivity index (χ0v) is 17.5. The summed E-state index contributed by atoms with van der Waals surface area (Å²) in [5.74, 6) is 0.258. The maximum Gasteiger partial charge on any atom is 0.257 e. The van der Waals surface area contributed by atoms with Gasteiger partial charge in [0.25, 0.3) is 5.91 Å². The summed E-state index contributed by atoms with van der Waals surface area (Å²) in [5, 5.41) is 3.95. The molecule has 0 atom stereocenters. The number of hydrogen-bond acceptors (Lipinski definition) is 4. The molecule has 0 aliphatic rings. The van der Waals surface area contributed by atoms with E-state index in [1.54, 1.807) is 0 Å². The van der Waals surface area contributed by atoms with Crippen molar-refractivity contribution >= 4 is 45.1 Å². The Morgan fingerprint density at radius 2 is 1.55 bits per heavy atom. The van der Waals surface area contributed by atoms with Crippen molar-refractivity contribution in [1.29, 1.82) is 0 Å². The summed E-state index contributed by atoms with van der Waals surface area (Å²) >= 11 is 0. The van der Waals surface area contributed by atoms with Crippen LogP contribution in [0.5, 0.6) is 0 Å². The predicted molar refractivity (Wildman–Crippen MR) is 126 cm³/mol. The Hall–Kier alpha value is -3.93. The second-order valence-corrected chi connectivity index (χ2v) is 7.39. The van der Waals surface area contributed by atoms with Gasteiger partial charge >= 0.3 is 0 Å². The van der Waals surface area contributed by atoms with Crippen molar-refractivity contribution in [2.75, 3.05) is 23.3 Å². The molecule has 2 heterocycles. The third kappa shape index (κ3) is 3.26. The van der Waals surface area contributed by atoms with Gasteiger partial charge in [0, 0.05) is 29.7 Å². The summed E-state index contributed by atoms with van der Waals surface area (Å²) in [6.07, 6.45) is 0. The van der Waals surface area contributed by atoms with Crippen molar-refractivity contribution in [3.8, 4) is 0 Å². The van der Waals surface area contributed by atoms with Crippen LogP contribution in [0.2, 0.25) is 0 Å². The normalized spacial score (nSPS) is 11.3. The molecule has 6 nitrogen and oxygen atoms in total. The molecule has 6 heteroatoms. The van der Waals surface area contributed by atoms with E-state index in [2.05, 4.69) is 24.1 Å². The number of fused-ring (bicyclic) bond motifs is 5. The number of carbonyl (C=O) groups is 1. The van der Waals surface area contributed by atoms with E-state index < -0.39 is 0 Å². The SMILES string of the molecule is CCN(CC)c1ccc(C(=O)Nc2nc3ccccc3c3nc4ccccc4n23)cc1. The van der Waals surface area contributed by atoms with Crippen LogP contribution >= 0.6 is 0 Å². The topological polar surface area (TPSA) is 62.5 Å². The average molecular weight is 409 g/mol. The second-order valence-electron chi connectivity index (χ2n) is 7.39. The number of para-hydroxylation sites is 3. The van der Waals surface area contributed by atoms with Crippen LogP contribution in [0.15, 0.2) is 72.8 Å². The Labute approximate surface area is 180 Å². The van der Waals surface area contributed by atoms with E-state index in [-0.39, 0.29) is 5.91 Å². The molecule has 0 aliphatic heterocycles. The molecular weight excluding hydrogens is 386 g/mol. The van der Waals surface area contributed by atoms with E-state index in [0.29, 0.717) is 11.5 Å². The summed E-state index contributed by atoms with van der Waals surface area (Å²) in [7, 11) is 0. The zero-order valence-electron chi connectivity index (χ0n) is 17.5. The highest BCUT2D eigenvalue weighted by atomic mass is 16.1. The van der Waals surface area contributed by atoms with Gasteiger partial charge in [-0.2, -0.15) is 0 Å². The molecule has 0 spiro atoms. The fourth-order valence-electron chi connectivity index (χ4n) is 4.02. The lowest BCUT2D eigenvalue weighted by Gasteiger charge is -2.21. The molecule has 5 aromatic rings. The van der Waals surface area contributed by atoms with Gasteiger partial charge in [0.05, 0.1) is 16.6 Å². The monoisotopic (exact) mass is 409 g/mol. The molecule has 0 bridgehead atoms. The number of hydrogen-bond donors (Lipinski definition) is 1. The van der Waals surface area contributed by atoms with Crippen LogP contribution in [0, 0.1) is 0 Å². The Balaban J connectivity index is 1.59. The van der Waals surface area contributed by atoms with Gasteiger partial charge in [0.1, 0.15) is 5.65 Å². The standard InChI is InChI=1S/C25H23N5O/c1-3-29(4-2)18-15-13-17(14-16-18)24(31)28-25-27-20-10-6-5-9-19(20)23-26-21-11-7-8-12-22(21)30(23)25/h5-16H,3-4H2,1-2H3,(H,27,28,31). The lowest BCUT2D eigenvalue weighted by Crippen LogP contribution is -2.22. The van der Waals surface area contributed by atoms with Gasteiger partial charge in [-0.25, -0.2) is 9.97 Å². The third-order valence-electron chi connectivity index (χ3n) is 5.63. The van der Waals surface area contributed by atoms with E-state index >= 15 is 0 Å². The zero-order chi connectivity index (χ0) is 21.4. The summed E-state index contributed by atoms with van der Waals surface area (Å²) in [6, 6.07) is 23.4. The van der Waals surface area contributed by atoms with Crippen LogP contribution in [0.25, 0.3) is 27.6 Å². The highest BCUT2D eigenvalue weighted by Crippen LogP contribution is 2.27. The van der Waals surface area contributed by atoms with Gasteiger partial charge in [-0.15, -0.1) is 0 Å². The lowest BCUT2D eigenvalue weighted by molar-refractivity contribution is 0.102. The molecule has 0 radical (unpaired) electrons. The minimum atomic E-state index is -0.201. The number of anilines is 2. The van der Waals surface area contributed by atoms with Crippen LogP contribution in [-0.2, 0) is 0 Å². The Morgan fingerprint density at radius 3 is 2.29 bits per heavy atom. The first kappa shape index (κ1) is 19.1. The fourth-order valence-corrected chi connectivity index (χ4v) is 4.02. The van der Waals surface area contributed by atoms with Crippen LogP contribution in [0.3, 0.4) is 0 Å². The number of amides is 1. The minimum absolute atomic E-state index is 0.201. The average Bonchev–Trinajstić information content (AvgIpc) is 3.21. The largest absolute Gasteiger partial charge is 0.372 e. The third-order valence-corrected chi connectivity index (χ3v) is 5.63. The Kier molecular flexibility index (Phi) is 4.75. The first-order valence-corrected chi connectivity index (χ1v) is 10.5. The maximum absolute atomic E-state index is 13.1. The molecule has 0 saturated carbocycles. The summed E-state index contributed by atoms with van der Waals surface area (Å²) in [4.78, 5) is 24.9. The first-order valence-electron chi connectivity index (χ1n) is 10.5. The number of rotatable bonds is 5. The molecular formula is C25H23N5O. The molecule has 2 aromatic heterocycles. The highest BCUT2D eigenvalue weighted by Gasteiger charge is 2.16. The summed E-state index contributed by atoms with van der Waals surface area (Å²) in [5.41, 5.74) is 5.02. The molecule has 0 saturated heterocycles. The molecule has 154 valence electrons. The van der Waals surface area contributed by atoms with Gasteiger partial charge in [0.15, 0.2) is 0 Å². The van der Waals surface area contributed by atoms with E-state index in [4.69, 9.17) is 9.97 Å². The fraction of sp³-hybridized carbons (Fsp3) is 0.160. The van der Waals surface area contributed by atoms with Crippen LogP contribution in [0.1, 0.15) is 24.2 Å². The van der Waals surface area contributed by atoms with Crippen LogP contribution < -0.4 is 10.2 Å². The lowest BCUT2D eigenvalue weighted by atomic mass is 10.2. The van der Waals surface area contributed by atoms with Gasteiger partial charge < -0.3 is 4.90 Å². The molecule has 3 aromatic carbocycles. The number of imidazole rings is 1. The van der Waals surface area contributed by atoms with Gasteiger partial charge in [0.2, 0.25) is 5.95 Å². The summed E-state index contributed by atoms with van der Waals surface area (Å²) < 4.78 is 1.92. The molecule has 0 unspecified atom stereocenters. The van der Waals surface area contributed by atoms with Gasteiger partial charge in [-0.1, -0.05) is 24.3 Å². The van der Waals surface area contributed by atoms with Crippen molar-refractivity contribution in [1.82, 2.24) is 14.4 Å². The van der Waals surface area contributed by atoms with Crippen LogP contribution in [-0.4, -0.2) is 33.4 Å². The van der Waals surface area contributed by atoms with E-state index in [1.807, 2.05) is 77.2 Å². The molecule has 0 fully saturated rings. The first-order chi connectivity index (χ1) is 15.2. The molecule has 5 rings (SSSR count). The van der Waals surface area contributed by atoms with Crippen molar-refractivity contribution in [2.45, 2.75) is 13.8 Å². The number of benzene rings is 3. The quantitative estimate of drug-likeness (QED) is 0.437. The number of carbonyl (C=O) groups excluding carboxylic acids is 1. The van der Waals surface area contributed by atoms with Crippen molar-refractivity contribution in [3.05, 3.63) is 78.4 Å². The summed E-state index contributed by atoms with van der Waals surface area (Å²) in [6.45, 7) is 6.09. The molecule has 0 aliphatic carbocycles.